The largest absolute Gasteiger partial charge is 0.382 e. The summed E-state index contributed by atoms with van der Waals surface area (Å²) in [6.45, 7) is 0.952. The van der Waals surface area contributed by atoms with Gasteiger partial charge in [0.05, 0.1) is 35.5 Å². The molecule has 1 aromatic rings. The summed E-state index contributed by atoms with van der Waals surface area (Å²) in [7, 11) is -1.86. The van der Waals surface area contributed by atoms with Gasteiger partial charge in [-0.15, -0.1) is 0 Å². The van der Waals surface area contributed by atoms with Crippen LogP contribution < -0.4 is 5.48 Å². The molecule has 1 aromatic carbocycles. The van der Waals surface area contributed by atoms with Gasteiger partial charge in [-0.1, -0.05) is 6.07 Å². The normalized spacial score (nSPS) is 11.2. The van der Waals surface area contributed by atoms with E-state index in [0.29, 0.717) is 18.8 Å². The molecule has 1 N–H and O–H groups in total. The Morgan fingerprint density at radius 3 is 2.84 bits per heavy atom. The first-order valence-corrected chi connectivity index (χ1v) is 7.32. The highest BCUT2D eigenvalue weighted by atomic mass is 32.2. The fourth-order valence-corrected chi connectivity index (χ4v) is 2.50. The van der Waals surface area contributed by atoms with Crippen LogP contribution in [0.2, 0.25) is 0 Å². The third-order valence-electron chi connectivity index (χ3n) is 2.29. The Morgan fingerprint density at radius 2 is 2.16 bits per heavy atom. The van der Waals surface area contributed by atoms with Gasteiger partial charge in [0.15, 0.2) is 9.84 Å². The SMILES string of the molecule is COCCONCCS(=O)(=O)c1cccc(C#N)c1. The molecular formula is C12H16N2O4S. The van der Waals surface area contributed by atoms with Crippen LogP contribution in [0, 0.1) is 11.3 Å². The molecule has 0 aliphatic heterocycles. The van der Waals surface area contributed by atoms with Gasteiger partial charge in [0.25, 0.3) is 0 Å². The summed E-state index contributed by atoms with van der Waals surface area (Å²) in [5, 5.41) is 8.74. The monoisotopic (exact) mass is 284 g/mol. The Kier molecular flexibility index (Phi) is 6.45. The summed E-state index contributed by atoms with van der Waals surface area (Å²) in [4.78, 5) is 5.10. The molecule has 0 saturated carbocycles. The number of hydrogen-bond donors (Lipinski definition) is 1. The third kappa shape index (κ3) is 5.36. The van der Waals surface area contributed by atoms with E-state index < -0.39 is 9.84 Å². The Balaban J connectivity index is 2.49. The Bertz CT molecular complexity index is 537. The lowest BCUT2D eigenvalue weighted by Crippen LogP contribution is -2.24. The molecule has 6 nitrogen and oxygen atoms in total. The van der Waals surface area contributed by atoms with Crippen LogP contribution in [0.4, 0.5) is 0 Å². The van der Waals surface area contributed by atoms with Gasteiger partial charge in [0.2, 0.25) is 0 Å². The summed E-state index contributed by atoms with van der Waals surface area (Å²) in [5.41, 5.74) is 2.87. The smallest absolute Gasteiger partial charge is 0.179 e. The highest BCUT2D eigenvalue weighted by Crippen LogP contribution is 2.12. The van der Waals surface area contributed by atoms with Crippen molar-refractivity contribution < 1.29 is 18.0 Å². The first-order valence-electron chi connectivity index (χ1n) is 5.66. The number of sulfone groups is 1. The Hall–Kier alpha value is -1.46. The van der Waals surface area contributed by atoms with E-state index in [2.05, 4.69) is 5.48 Å². The first-order chi connectivity index (χ1) is 9.10. The molecule has 0 radical (unpaired) electrons. The number of ether oxygens (including phenoxy) is 1. The molecule has 0 saturated heterocycles. The quantitative estimate of drug-likeness (QED) is 0.552. The van der Waals surface area contributed by atoms with Gasteiger partial charge in [-0.3, -0.25) is 4.84 Å². The van der Waals surface area contributed by atoms with Crippen LogP contribution >= 0.6 is 0 Å². The van der Waals surface area contributed by atoms with E-state index in [1.807, 2.05) is 6.07 Å². The molecule has 0 amide bonds. The zero-order chi connectivity index (χ0) is 14.1. The minimum absolute atomic E-state index is 0.102. The lowest BCUT2D eigenvalue weighted by molar-refractivity contribution is 0.00978. The molecule has 0 unspecified atom stereocenters. The van der Waals surface area contributed by atoms with Crippen molar-refractivity contribution in [2.75, 3.05) is 32.6 Å². The highest BCUT2D eigenvalue weighted by molar-refractivity contribution is 7.91. The summed E-state index contributed by atoms with van der Waals surface area (Å²) in [5.74, 6) is -0.102. The van der Waals surface area contributed by atoms with Gasteiger partial charge in [0.1, 0.15) is 0 Å². The van der Waals surface area contributed by atoms with Crippen molar-refractivity contribution in [2.24, 2.45) is 0 Å². The maximum atomic E-state index is 12.0. The fraction of sp³-hybridized carbons (Fsp3) is 0.417. The standard InChI is InChI=1S/C12H16N2O4S/c1-17-6-7-18-14-5-8-19(15,16)12-4-2-3-11(9-12)10-13/h2-4,9,14H,5-8H2,1H3. The second-order valence-corrected chi connectivity index (χ2v) is 5.80. The topological polar surface area (TPSA) is 88.4 Å². The molecule has 0 heterocycles. The number of methoxy groups -OCH3 is 1. The summed E-state index contributed by atoms with van der Waals surface area (Å²) < 4.78 is 28.7. The second-order valence-electron chi connectivity index (χ2n) is 3.69. The molecule has 0 fully saturated rings. The second kappa shape index (κ2) is 7.86. The van der Waals surface area contributed by atoms with Crippen molar-refractivity contribution >= 4 is 9.84 Å². The average molecular weight is 284 g/mol. The average Bonchev–Trinajstić information content (AvgIpc) is 2.43. The molecule has 19 heavy (non-hydrogen) atoms. The van der Waals surface area contributed by atoms with Crippen LogP contribution in [0.25, 0.3) is 0 Å². The Morgan fingerprint density at radius 1 is 1.37 bits per heavy atom. The van der Waals surface area contributed by atoms with Crippen LogP contribution in [0.5, 0.6) is 0 Å². The lowest BCUT2D eigenvalue weighted by Gasteiger charge is -2.07. The Labute approximate surface area is 112 Å². The van der Waals surface area contributed by atoms with E-state index in [-0.39, 0.29) is 17.2 Å². The maximum Gasteiger partial charge on any atom is 0.179 e. The predicted molar refractivity (Wildman–Crippen MR) is 69.0 cm³/mol. The zero-order valence-electron chi connectivity index (χ0n) is 10.6. The summed E-state index contributed by atoms with van der Waals surface area (Å²) in [6, 6.07) is 7.86. The van der Waals surface area contributed by atoms with Gasteiger partial charge in [-0.05, 0) is 18.2 Å². The van der Waals surface area contributed by atoms with Crippen LogP contribution in [-0.4, -0.2) is 41.0 Å². The van der Waals surface area contributed by atoms with E-state index in [0.717, 1.165) is 0 Å². The van der Waals surface area contributed by atoms with Crippen molar-refractivity contribution in [2.45, 2.75) is 4.90 Å². The third-order valence-corrected chi connectivity index (χ3v) is 4.00. The number of nitrogens with zero attached hydrogens (tertiary/aromatic N) is 1. The van der Waals surface area contributed by atoms with E-state index in [4.69, 9.17) is 14.8 Å². The van der Waals surface area contributed by atoms with Gasteiger partial charge in [0, 0.05) is 13.7 Å². The molecule has 0 spiro atoms. The minimum atomic E-state index is -3.41. The van der Waals surface area contributed by atoms with Gasteiger partial charge >= 0.3 is 0 Å². The van der Waals surface area contributed by atoms with E-state index in [9.17, 15) is 8.42 Å². The number of hydroxylamine groups is 1. The van der Waals surface area contributed by atoms with Gasteiger partial charge in [-0.25, -0.2) is 13.9 Å². The van der Waals surface area contributed by atoms with Crippen molar-refractivity contribution in [3.05, 3.63) is 29.8 Å². The van der Waals surface area contributed by atoms with Crippen LogP contribution in [0.3, 0.4) is 0 Å². The van der Waals surface area contributed by atoms with Crippen LogP contribution in [0.15, 0.2) is 29.2 Å². The number of hydrogen-bond acceptors (Lipinski definition) is 6. The zero-order valence-corrected chi connectivity index (χ0v) is 11.4. The van der Waals surface area contributed by atoms with E-state index in [1.54, 1.807) is 19.2 Å². The number of nitriles is 1. The lowest BCUT2D eigenvalue weighted by atomic mass is 10.2. The van der Waals surface area contributed by atoms with Crippen LogP contribution in [-0.2, 0) is 19.4 Å². The number of nitrogens with one attached hydrogen (secondary N) is 1. The minimum Gasteiger partial charge on any atom is -0.382 e. The van der Waals surface area contributed by atoms with Crippen molar-refractivity contribution in [3.8, 4) is 6.07 Å². The molecular weight excluding hydrogens is 268 g/mol. The molecule has 0 aliphatic carbocycles. The molecule has 104 valence electrons. The molecule has 0 aromatic heterocycles. The molecule has 0 bridgehead atoms. The maximum absolute atomic E-state index is 12.0. The number of benzene rings is 1. The van der Waals surface area contributed by atoms with Crippen molar-refractivity contribution in [1.29, 1.82) is 5.26 Å². The van der Waals surface area contributed by atoms with Crippen LogP contribution in [0.1, 0.15) is 5.56 Å². The van der Waals surface area contributed by atoms with E-state index >= 15 is 0 Å². The molecule has 0 atom stereocenters. The first kappa shape index (κ1) is 15.6. The van der Waals surface area contributed by atoms with Gasteiger partial charge in [-0.2, -0.15) is 5.26 Å². The summed E-state index contributed by atoms with van der Waals surface area (Å²) >= 11 is 0. The molecule has 7 heteroatoms. The van der Waals surface area contributed by atoms with E-state index in [1.165, 1.54) is 12.1 Å². The molecule has 0 aliphatic rings. The highest BCUT2D eigenvalue weighted by Gasteiger charge is 2.14. The van der Waals surface area contributed by atoms with Crippen molar-refractivity contribution in [1.82, 2.24) is 5.48 Å². The van der Waals surface area contributed by atoms with Gasteiger partial charge < -0.3 is 4.74 Å². The predicted octanol–water partition coefficient (Wildman–Crippen LogP) is 0.500. The number of rotatable bonds is 8. The fourth-order valence-electron chi connectivity index (χ4n) is 1.32. The van der Waals surface area contributed by atoms with Crippen molar-refractivity contribution in [3.63, 3.8) is 0 Å². The molecule has 1 rings (SSSR count). The summed E-state index contributed by atoms with van der Waals surface area (Å²) in [6.07, 6.45) is 0.